The highest BCUT2D eigenvalue weighted by Crippen LogP contribution is 2.11. The molecule has 2 amide bonds. The lowest BCUT2D eigenvalue weighted by Crippen LogP contribution is -2.51. The fourth-order valence-corrected chi connectivity index (χ4v) is 2.11. The molecule has 2 heterocycles. The van der Waals surface area contributed by atoms with Crippen LogP contribution >= 0.6 is 0 Å². The number of piperazine rings is 1. The van der Waals surface area contributed by atoms with Gasteiger partial charge in [0.05, 0.1) is 18.3 Å². The van der Waals surface area contributed by atoms with Gasteiger partial charge in [-0.2, -0.15) is 0 Å². The summed E-state index contributed by atoms with van der Waals surface area (Å²) in [4.78, 5) is 30.6. The molecule has 1 aromatic heterocycles. The highest BCUT2D eigenvalue weighted by molar-refractivity contribution is 5.94. The van der Waals surface area contributed by atoms with Crippen molar-refractivity contribution in [3.8, 4) is 0 Å². The standard InChI is InChI=1S/C13H17FN4O2/c1-15-12(19)9-17-4-6-18(7-5-17)13(20)10-2-3-16-8-11(10)14/h2-3,8H,4-7,9H2,1H3,(H,15,19). The van der Waals surface area contributed by atoms with E-state index in [0.717, 1.165) is 6.20 Å². The van der Waals surface area contributed by atoms with Crippen molar-refractivity contribution in [3.63, 3.8) is 0 Å². The molecule has 108 valence electrons. The van der Waals surface area contributed by atoms with Crippen LogP contribution in [-0.2, 0) is 4.79 Å². The number of carbonyl (C=O) groups is 2. The van der Waals surface area contributed by atoms with E-state index in [0.29, 0.717) is 32.7 Å². The van der Waals surface area contributed by atoms with Crippen molar-refractivity contribution in [2.24, 2.45) is 0 Å². The molecule has 20 heavy (non-hydrogen) atoms. The molecular weight excluding hydrogens is 263 g/mol. The van der Waals surface area contributed by atoms with Gasteiger partial charge in [-0.1, -0.05) is 0 Å². The molecule has 0 saturated carbocycles. The van der Waals surface area contributed by atoms with Gasteiger partial charge in [-0.05, 0) is 6.07 Å². The zero-order valence-electron chi connectivity index (χ0n) is 11.3. The smallest absolute Gasteiger partial charge is 0.257 e. The summed E-state index contributed by atoms with van der Waals surface area (Å²) >= 11 is 0. The molecule has 0 atom stereocenters. The minimum atomic E-state index is -0.606. The van der Waals surface area contributed by atoms with Gasteiger partial charge in [0.1, 0.15) is 0 Å². The van der Waals surface area contributed by atoms with Crippen molar-refractivity contribution in [3.05, 3.63) is 29.8 Å². The van der Waals surface area contributed by atoms with E-state index >= 15 is 0 Å². The lowest BCUT2D eigenvalue weighted by molar-refractivity contribution is -0.122. The second-order valence-corrected chi connectivity index (χ2v) is 4.60. The monoisotopic (exact) mass is 280 g/mol. The first-order valence-corrected chi connectivity index (χ1v) is 6.43. The molecule has 0 bridgehead atoms. The van der Waals surface area contributed by atoms with Gasteiger partial charge in [-0.15, -0.1) is 0 Å². The Kier molecular flexibility index (Phi) is 4.62. The summed E-state index contributed by atoms with van der Waals surface area (Å²) < 4.78 is 13.5. The minimum Gasteiger partial charge on any atom is -0.358 e. The number of aromatic nitrogens is 1. The molecule has 7 heteroatoms. The van der Waals surface area contributed by atoms with Crippen molar-refractivity contribution in [1.82, 2.24) is 20.1 Å². The number of carbonyl (C=O) groups excluding carboxylic acids is 2. The normalized spacial score (nSPS) is 16.0. The van der Waals surface area contributed by atoms with Crippen LogP contribution in [0.5, 0.6) is 0 Å². The van der Waals surface area contributed by atoms with Crippen LogP contribution in [0.4, 0.5) is 4.39 Å². The van der Waals surface area contributed by atoms with Crippen molar-refractivity contribution in [1.29, 1.82) is 0 Å². The van der Waals surface area contributed by atoms with Crippen molar-refractivity contribution < 1.29 is 14.0 Å². The third kappa shape index (κ3) is 3.30. The van der Waals surface area contributed by atoms with E-state index in [4.69, 9.17) is 0 Å². The third-order valence-electron chi connectivity index (χ3n) is 3.31. The Labute approximate surface area is 116 Å². The van der Waals surface area contributed by atoms with E-state index in [1.807, 2.05) is 4.90 Å². The SMILES string of the molecule is CNC(=O)CN1CCN(C(=O)c2ccncc2F)CC1. The molecule has 2 rings (SSSR count). The number of hydrogen-bond acceptors (Lipinski definition) is 4. The van der Waals surface area contributed by atoms with Gasteiger partial charge in [-0.3, -0.25) is 19.5 Å². The van der Waals surface area contributed by atoms with Crippen LogP contribution in [0.2, 0.25) is 0 Å². The topological polar surface area (TPSA) is 65.5 Å². The van der Waals surface area contributed by atoms with Crippen molar-refractivity contribution >= 4 is 11.8 Å². The number of likely N-dealkylation sites (N-methyl/N-ethyl adjacent to an activating group) is 1. The molecule has 1 fully saturated rings. The van der Waals surface area contributed by atoms with Gasteiger partial charge in [0.25, 0.3) is 5.91 Å². The molecular formula is C13H17FN4O2. The molecule has 0 unspecified atom stereocenters. The number of nitrogens with zero attached hydrogens (tertiary/aromatic N) is 3. The van der Waals surface area contributed by atoms with E-state index in [-0.39, 0.29) is 17.4 Å². The fourth-order valence-electron chi connectivity index (χ4n) is 2.11. The molecule has 1 aliphatic rings. The summed E-state index contributed by atoms with van der Waals surface area (Å²) in [6, 6.07) is 1.38. The second-order valence-electron chi connectivity index (χ2n) is 4.60. The van der Waals surface area contributed by atoms with Gasteiger partial charge in [0, 0.05) is 39.4 Å². The molecule has 0 aromatic carbocycles. The maximum absolute atomic E-state index is 13.5. The van der Waals surface area contributed by atoms with Gasteiger partial charge < -0.3 is 10.2 Å². The predicted molar refractivity (Wildman–Crippen MR) is 70.6 cm³/mol. The summed E-state index contributed by atoms with van der Waals surface area (Å²) in [6.07, 6.45) is 2.44. The lowest BCUT2D eigenvalue weighted by atomic mass is 10.2. The summed E-state index contributed by atoms with van der Waals surface area (Å²) in [6.45, 7) is 2.50. The number of halogens is 1. The average Bonchev–Trinajstić information content (AvgIpc) is 2.47. The highest BCUT2D eigenvalue weighted by Gasteiger charge is 2.24. The van der Waals surface area contributed by atoms with Crippen LogP contribution in [0.3, 0.4) is 0 Å². The van der Waals surface area contributed by atoms with E-state index in [9.17, 15) is 14.0 Å². The Morgan fingerprint density at radius 1 is 1.35 bits per heavy atom. The van der Waals surface area contributed by atoms with Crippen LogP contribution in [0.15, 0.2) is 18.5 Å². The molecule has 1 aromatic rings. The summed E-state index contributed by atoms with van der Waals surface area (Å²) in [5.74, 6) is -0.986. The maximum atomic E-state index is 13.5. The molecule has 6 nitrogen and oxygen atoms in total. The molecule has 1 aliphatic heterocycles. The maximum Gasteiger partial charge on any atom is 0.257 e. The van der Waals surface area contributed by atoms with Gasteiger partial charge in [-0.25, -0.2) is 4.39 Å². The third-order valence-corrected chi connectivity index (χ3v) is 3.31. The first-order valence-electron chi connectivity index (χ1n) is 6.43. The number of rotatable bonds is 3. The lowest BCUT2D eigenvalue weighted by Gasteiger charge is -2.34. The molecule has 1 N–H and O–H groups in total. The van der Waals surface area contributed by atoms with E-state index < -0.39 is 5.82 Å². The summed E-state index contributed by atoms with van der Waals surface area (Å²) in [5, 5.41) is 2.56. The van der Waals surface area contributed by atoms with E-state index in [1.54, 1.807) is 11.9 Å². The van der Waals surface area contributed by atoms with Crippen molar-refractivity contribution in [2.45, 2.75) is 0 Å². The first-order chi connectivity index (χ1) is 9.61. The predicted octanol–water partition coefficient (Wildman–Crippen LogP) is -0.275. The van der Waals surface area contributed by atoms with Crippen molar-refractivity contribution in [2.75, 3.05) is 39.8 Å². The molecule has 0 aliphatic carbocycles. The van der Waals surface area contributed by atoms with E-state index in [1.165, 1.54) is 12.3 Å². The van der Waals surface area contributed by atoms with Crippen LogP contribution in [0, 0.1) is 5.82 Å². The Bertz CT molecular complexity index is 501. The number of nitrogens with one attached hydrogen (secondary N) is 1. The van der Waals surface area contributed by atoms with Crippen LogP contribution < -0.4 is 5.32 Å². The number of hydrogen-bond donors (Lipinski definition) is 1. The molecule has 0 radical (unpaired) electrons. The Balaban J connectivity index is 1.92. The van der Waals surface area contributed by atoms with E-state index in [2.05, 4.69) is 10.3 Å². The largest absolute Gasteiger partial charge is 0.358 e. The zero-order valence-corrected chi connectivity index (χ0v) is 11.3. The number of pyridine rings is 1. The second kappa shape index (κ2) is 6.42. The summed E-state index contributed by atoms with van der Waals surface area (Å²) in [5.41, 5.74) is 0.0414. The van der Waals surface area contributed by atoms with Gasteiger partial charge in [0.2, 0.25) is 5.91 Å². The molecule has 0 spiro atoms. The quantitative estimate of drug-likeness (QED) is 0.827. The van der Waals surface area contributed by atoms with Gasteiger partial charge >= 0.3 is 0 Å². The van der Waals surface area contributed by atoms with Crippen LogP contribution in [-0.4, -0.2) is 66.4 Å². The minimum absolute atomic E-state index is 0.0414. The first kappa shape index (κ1) is 14.4. The fraction of sp³-hybridized carbons (Fsp3) is 0.462. The Morgan fingerprint density at radius 2 is 2.05 bits per heavy atom. The van der Waals surface area contributed by atoms with Crippen LogP contribution in [0.25, 0.3) is 0 Å². The zero-order chi connectivity index (χ0) is 14.5. The highest BCUT2D eigenvalue weighted by atomic mass is 19.1. The Hall–Kier alpha value is -2.02. The summed E-state index contributed by atoms with van der Waals surface area (Å²) in [7, 11) is 1.59. The van der Waals surface area contributed by atoms with Gasteiger partial charge in [0.15, 0.2) is 5.82 Å². The van der Waals surface area contributed by atoms with Crippen LogP contribution in [0.1, 0.15) is 10.4 Å². The average molecular weight is 280 g/mol. The molecule has 1 saturated heterocycles. The number of amides is 2. The Morgan fingerprint density at radius 3 is 2.65 bits per heavy atom.